The lowest BCUT2D eigenvalue weighted by Gasteiger charge is -2.10. The van der Waals surface area contributed by atoms with Crippen LogP contribution < -0.4 is 0 Å². The topological polar surface area (TPSA) is 25.8 Å². The first kappa shape index (κ1) is 11.6. The highest BCUT2D eigenvalue weighted by Crippen LogP contribution is 2.29. The molecule has 2 nitrogen and oxygen atoms in total. The fraction of sp³-hybridized carbons (Fsp3) is 0.222. The Balaban J connectivity index is 1.90. The van der Waals surface area contributed by atoms with Crippen molar-refractivity contribution in [2.24, 2.45) is 0 Å². The van der Waals surface area contributed by atoms with Gasteiger partial charge < -0.3 is 0 Å². The molecule has 0 fully saturated rings. The lowest BCUT2D eigenvalue weighted by Crippen LogP contribution is -1.99. The molecular formula is C18H16N2. The first-order valence-electron chi connectivity index (χ1n) is 7.07. The molecule has 0 saturated heterocycles. The number of hydrogen-bond donors (Lipinski definition) is 0. The third kappa shape index (κ3) is 1.64. The maximum Gasteiger partial charge on any atom is 0.0896 e. The number of rotatable bonds is 1. The summed E-state index contributed by atoms with van der Waals surface area (Å²) in [5.74, 6) is 0. The second-order valence-corrected chi connectivity index (χ2v) is 5.59. The SMILES string of the molecule is Cc1cc(-c2cc(C)c3c(n2)C=CC3)nc2c1CC=C2. The Labute approximate surface area is 118 Å². The lowest BCUT2D eigenvalue weighted by molar-refractivity contribution is 1.12. The summed E-state index contributed by atoms with van der Waals surface area (Å²) >= 11 is 0. The Bertz CT molecular complexity index is 715. The molecule has 0 spiro atoms. The molecule has 0 saturated carbocycles. The lowest BCUT2D eigenvalue weighted by atomic mass is 10.0. The third-order valence-electron chi connectivity index (χ3n) is 4.22. The predicted molar refractivity (Wildman–Crippen MR) is 82.4 cm³/mol. The Kier molecular flexibility index (Phi) is 2.40. The quantitative estimate of drug-likeness (QED) is 0.777. The summed E-state index contributed by atoms with van der Waals surface area (Å²) in [5.41, 5.74) is 9.51. The number of aryl methyl sites for hydroxylation is 2. The van der Waals surface area contributed by atoms with Crippen LogP contribution in [0, 0.1) is 13.8 Å². The van der Waals surface area contributed by atoms with E-state index in [0.717, 1.165) is 35.6 Å². The van der Waals surface area contributed by atoms with E-state index in [9.17, 15) is 0 Å². The van der Waals surface area contributed by atoms with Crippen LogP contribution in [0.15, 0.2) is 24.3 Å². The zero-order valence-electron chi connectivity index (χ0n) is 11.8. The summed E-state index contributed by atoms with van der Waals surface area (Å²) in [4.78, 5) is 9.56. The third-order valence-corrected chi connectivity index (χ3v) is 4.22. The van der Waals surface area contributed by atoms with Gasteiger partial charge in [-0.2, -0.15) is 0 Å². The highest BCUT2D eigenvalue weighted by molar-refractivity contribution is 5.68. The molecule has 0 unspecified atom stereocenters. The van der Waals surface area contributed by atoms with Crippen LogP contribution in [-0.4, -0.2) is 9.97 Å². The van der Waals surface area contributed by atoms with Crippen LogP contribution in [-0.2, 0) is 12.8 Å². The molecule has 4 rings (SSSR count). The van der Waals surface area contributed by atoms with Gasteiger partial charge in [-0.3, -0.25) is 0 Å². The highest BCUT2D eigenvalue weighted by Gasteiger charge is 2.16. The molecule has 0 atom stereocenters. The summed E-state index contributed by atoms with van der Waals surface area (Å²) < 4.78 is 0. The van der Waals surface area contributed by atoms with Crippen molar-refractivity contribution in [3.8, 4) is 11.4 Å². The average molecular weight is 260 g/mol. The van der Waals surface area contributed by atoms with Gasteiger partial charge in [0, 0.05) is 0 Å². The molecule has 0 N–H and O–H groups in total. The Morgan fingerprint density at radius 3 is 1.65 bits per heavy atom. The fourth-order valence-corrected chi connectivity index (χ4v) is 3.09. The van der Waals surface area contributed by atoms with Crippen LogP contribution in [0.4, 0.5) is 0 Å². The smallest absolute Gasteiger partial charge is 0.0896 e. The van der Waals surface area contributed by atoms with Crippen molar-refractivity contribution in [2.75, 3.05) is 0 Å². The molecular weight excluding hydrogens is 244 g/mol. The minimum atomic E-state index is 0.985. The van der Waals surface area contributed by atoms with E-state index in [4.69, 9.17) is 9.97 Å². The van der Waals surface area contributed by atoms with Crippen molar-refractivity contribution in [1.82, 2.24) is 9.97 Å². The number of fused-ring (bicyclic) bond motifs is 2. The Hall–Kier alpha value is -2.22. The number of aromatic nitrogens is 2. The molecule has 0 aromatic carbocycles. The number of pyridine rings is 2. The second kappa shape index (κ2) is 4.14. The molecule has 0 bridgehead atoms. The summed E-state index contributed by atoms with van der Waals surface area (Å²) in [6, 6.07) is 4.33. The molecule has 20 heavy (non-hydrogen) atoms. The van der Waals surface area contributed by atoms with E-state index >= 15 is 0 Å². The summed E-state index contributed by atoms with van der Waals surface area (Å²) in [6.07, 6.45) is 10.6. The van der Waals surface area contributed by atoms with Crippen LogP contribution in [0.5, 0.6) is 0 Å². The molecule has 2 heterocycles. The zero-order chi connectivity index (χ0) is 13.7. The van der Waals surface area contributed by atoms with Gasteiger partial charge in [0.25, 0.3) is 0 Å². The van der Waals surface area contributed by atoms with Gasteiger partial charge in [0.15, 0.2) is 0 Å². The summed E-state index contributed by atoms with van der Waals surface area (Å²) in [6.45, 7) is 4.33. The van der Waals surface area contributed by atoms with Gasteiger partial charge in [0.1, 0.15) is 0 Å². The van der Waals surface area contributed by atoms with Gasteiger partial charge in [-0.05, 0) is 73.2 Å². The molecule has 0 aliphatic heterocycles. The van der Waals surface area contributed by atoms with Crippen molar-refractivity contribution in [3.05, 3.63) is 57.9 Å². The van der Waals surface area contributed by atoms with E-state index in [1.54, 1.807) is 0 Å². The van der Waals surface area contributed by atoms with E-state index in [0.29, 0.717) is 0 Å². The van der Waals surface area contributed by atoms with Crippen LogP contribution in [0.25, 0.3) is 23.5 Å². The molecule has 2 aromatic rings. The summed E-state index contributed by atoms with van der Waals surface area (Å²) in [7, 11) is 0. The van der Waals surface area contributed by atoms with Crippen molar-refractivity contribution in [1.29, 1.82) is 0 Å². The largest absolute Gasteiger partial charge is 0.246 e. The Morgan fingerprint density at radius 1 is 0.750 bits per heavy atom. The van der Waals surface area contributed by atoms with Crippen molar-refractivity contribution in [3.63, 3.8) is 0 Å². The van der Waals surface area contributed by atoms with E-state index in [2.05, 4.69) is 50.3 Å². The van der Waals surface area contributed by atoms with Crippen LogP contribution >= 0.6 is 0 Å². The fourth-order valence-electron chi connectivity index (χ4n) is 3.09. The van der Waals surface area contributed by atoms with Crippen LogP contribution in [0.1, 0.15) is 33.6 Å². The summed E-state index contributed by atoms with van der Waals surface area (Å²) in [5, 5.41) is 0. The first-order chi connectivity index (χ1) is 9.72. The molecule has 2 aromatic heterocycles. The van der Waals surface area contributed by atoms with Gasteiger partial charge in [0.2, 0.25) is 0 Å². The maximum atomic E-state index is 4.78. The maximum absolute atomic E-state index is 4.78. The van der Waals surface area contributed by atoms with Crippen molar-refractivity contribution >= 4 is 12.2 Å². The van der Waals surface area contributed by atoms with E-state index in [1.165, 1.54) is 22.3 Å². The zero-order valence-corrected chi connectivity index (χ0v) is 11.8. The minimum Gasteiger partial charge on any atom is -0.246 e. The van der Waals surface area contributed by atoms with Gasteiger partial charge in [-0.25, -0.2) is 9.97 Å². The van der Waals surface area contributed by atoms with Crippen molar-refractivity contribution < 1.29 is 0 Å². The predicted octanol–water partition coefficient (Wildman–Crippen LogP) is 3.90. The molecule has 2 aliphatic carbocycles. The molecule has 0 radical (unpaired) electrons. The molecule has 0 amide bonds. The molecule has 2 aliphatic rings. The molecule has 98 valence electrons. The number of allylic oxidation sites excluding steroid dienone is 2. The number of nitrogens with zero attached hydrogens (tertiary/aromatic N) is 2. The second-order valence-electron chi connectivity index (χ2n) is 5.59. The van der Waals surface area contributed by atoms with Gasteiger partial charge in [0.05, 0.1) is 22.8 Å². The van der Waals surface area contributed by atoms with Gasteiger partial charge in [-0.15, -0.1) is 0 Å². The van der Waals surface area contributed by atoms with Gasteiger partial charge in [-0.1, -0.05) is 12.2 Å². The van der Waals surface area contributed by atoms with E-state index in [1.807, 2.05) is 0 Å². The standard InChI is InChI=1S/C18H16N2/c1-11-9-17(19-15-7-3-5-13(11)15)18-10-12(2)14-6-4-8-16(14)20-18/h3-4,7-10H,5-6H2,1-2H3. The monoisotopic (exact) mass is 260 g/mol. The highest BCUT2D eigenvalue weighted by atomic mass is 14.8. The Morgan fingerprint density at radius 2 is 1.20 bits per heavy atom. The van der Waals surface area contributed by atoms with E-state index < -0.39 is 0 Å². The minimum absolute atomic E-state index is 0.985. The van der Waals surface area contributed by atoms with Gasteiger partial charge >= 0.3 is 0 Å². The first-order valence-corrected chi connectivity index (χ1v) is 7.07. The van der Waals surface area contributed by atoms with E-state index in [-0.39, 0.29) is 0 Å². The molecule has 2 heteroatoms. The average Bonchev–Trinajstić information content (AvgIpc) is 3.06. The van der Waals surface area contributed by atoms with Crippen molar-refractivity contribution in [2.45, 2.75) is 26.7 Å². The normalized spacial score (nSPS) is 14.7. The van der Waals surface area contributed by atoms with Crippen LogP contribution in [0.2, 0.25) is 0 Å². The van der Waals surface area contributed by atoms with Crippen LogP contribution in [0.3, 0.4) is 0 Å². The number of hydrogen-bond acceptors (Lipinski definition) is 2.